The Labute approximate surface area is 121 Å². The first kappa shape index (κ1) is 14.3. The molecule has 2 N–H and O–H groups in total. The van der Waals surface area contributed by atoms with Crippen molar-refractivity contribution in [3.05, 3.63) is 0 Å². The molecule has 2 heterocycles. The van der Waals surface area contributed by atoms with Crippen molar-refractivity contribution in [2.24, 2.45) is 11.7 Å². The molecule has 1 saturated carbocycles. The number of nitrogens with zero attached hydrogens (tertiary/aromatic N) is 2. The van der Waals surface area contributed by atoms with Crippen LogP contribution in [0.4, 0.5) is 0 Å². The van der Waals surface area contributed by atoms with Gasteiger partial charge in [-0.15, -0.1) is 0 Å². The van der Waals surface area contributed by atoms with Crippen LogP contribution in [0.5, 0.6) is 0 Å². The van der Waals surface area contributed by atoms with Gasteiger partial charge in [-0.05, 0) is 25.2 Å². The minimum atomic E-state index is -0.554. The Balaban J connectivity index is 1.46. The molecule has 0 aromatic heterocycles. The van der Waals surface area contributed by atoms with E-state index in [0.717, 1.165) is 71.6 Å². The normalized spacial score (nSPS) is 30.9. The van der Waals surface area contributed by atoms with Crippen molar-refractivity contribution in [3.8, 4) is 0 Å². The molecular weight excluding hydrogens is 254 g/mol. The zero-order chi connectivity index (χ0) is 14.0. The molecule has 0 spiro atoms. The number of ether oxygens (including phenoxy) is 1. The van der Waals surface area contributed by atoms with Gasteiger partial charge in [0.05, 0.1) is 12.1 Å². The van der Waals surface area contributed by atoms with Crippen molar-refractivity contribution in [3.63, 3.8) is 0 Å². The second-order valence-corrected chi connectivity index (χ2v) is 6.69. The van der Waals surface area contributed by atoms with Crippen molar-refractivity contribution in [2.45, 2.75) is 37.6 Å². The van der Waals surface area contributed by atoms with E-state index in [0.29, 0.717) is 5.92 Å². The van der Waals surface area contributed by atoms with E-state index in [1.54, 1.807) is 0 Å². The smallest absolute Gasteiger partial charge is 0.242 e. The van der Waals surface area contributed by atoms with E-state index in [-0.39, 0.29) is 5.91 Å². The maximum atomic E-state index is 12.5. The van der Waals surface area contributed by atoms with Gasteiger partial charge in [-0.3, -0.25) is 9.69 Å². The summed E-state index contributed by atoms with van der Waals surface area (Å²) in [4.78, 5) is 17.0. The molecule has 5 heteroatoms. The monoisotopic (exact) mass is 281 g/mol. The van der Waals surface area contributed by atoms with Crippen LogP contribution in [0.2, 0.25) is 0 Å². The molecule has 3 fully saturated rings. The highest BCUT2D eigenvalue weighted by Gasteiger charge is 2.40. The summed E-state index contributed by atoms with van der Waals surface area (Å²) in [5.41, 5.74) is 5.72. The number of rotatable bonds is 3. The van der Waals surface area contributed by atoms with Gasteiger partial charge in [0.25, 0.3) is 0 Å². The molecule has 0 radical (unpaired) electrons. The standard InChI is InChI=1S/C15H27N3O2/c16-15(4-1-2-5-15)14(19)18-8-6-17(7-9-18)11-13-3-10-20-12-13/h13H,1-12,16H2. The number of carbonyl (C=O) groups excluding carboxylic acids is 1. The summed E-state index contributed by atoms with van der Waals surface area (Å²) < 4.78 is 5.43. The van der Waals surface area contributed by atoms with Crippen LogP contribution in [-0.4, -0.2) is 67.2 Å². The molecule has 0 aromatic rings. The van der Waals surface area contributed by atoms with E-state index in [9.17, 15) is 4.79 Å². The van der Waals surface area contributed by atoms with Crippen LogP contribution in [0.1, 0.15) is 32.1 Å². The highest BCUT2D eigenvalue weighted by Crippen LogP contribution is 2.29. The van der Waals surface area contributed by atoms with Crippen molar-refractivity contribution < 1.29 is 9.53 Å². The fourth-order valence-electron chi connectivity index (χ4n) is 3.76. The highest BCUT2D eigenvalue weighted by atomic mass is 16.5. The van der Waals surface area contributed by atoms with E-state index in [4.69, 9.17) is 10.5 Å². The first-order valence-electron chi connectivity index (χ1n) is 8.06. The summed E-state index contributed by atoms with van der Waals surface area (Å²) in [5, 5.41) is 0. The molecule has 2 saturated heterocycles. The number of piperazine rings is 1. The molecule has 1 aliphatic carbocycles. The molecule has 3 aliphatic rings. The Hall–Kier alpha value is -0.650. The van der Waals surface area contributed by atoms with E-state index in [1.807, 2.05) is 4.90 Å². The number of carbonyl (C=O) groups is 1. The van der Waals surface area contributed by atoms with Crippen LogP contribution in [0, 0.1) is 5.92 Å². The van der Waals surface area contributed by atoms with Gasteiger partial charge >= 0.3 is 0 Å². The Kier molecular flexibility index (Phi) is 4.29. The summed E-state index contributed by atoms with van der Waals surface area (Å²) in [6, 6.07) is 0. The summed E-state index contributed by atoms with van der Waals surface area (Å²) in [7, 11) is 0. The summed E-state index contributed by atoms with van der Waals surface area (Å²) in [6.07, 6.45) is 5.12. The fourth-order valence-corrected chi connectivity index (χ4v) is 3.76. The average Bonchev–Trinajstić information content (AvgIpc) is 3.11. The van der Waals surface area contributed by atoms with Crippen LogP contribution in [0.15, 0.2) is 0 Å². The summed E-state index contributed by atoms with van der Waals surface area (Å²) >= 11 is 0. The number of hydrogen-bond donors (Lipinski definition) is 1. The third-order valence-electron chi connectivity index (χ3n) is 5.12. The second kappa shape index (κ2) is 6.00. The van der Waals surface area contributed by atoms with Gasteiger partial charge in [0, 0.05) is 39.3 Å². The quantitative estimate of drug-likeness (QED) is 0.815. The van der Waals surface area contributed by atoms with Crippen LogP contribution in [-0.2, 0) is 9.53 Å². The van der Waals surface area contributed by atoms with Gasteiger partial charge in [-0.25, -0.2) is 0 Å². The Morgan fingerprint density at radius 2 is 1.90 bits per heavy atom. The number of hydrogen-bond acceptors (Lipinski definition) is 4. The lowest BCUT2D eigenvalue weighted by atomic mass is 9.96. The lowest BCUT2D eigenvalue weighted by Gasteiger charge is -2.39. The van der Waals surface area contributed by atoms with Gasteiger partial charge in [-0.1, -0.05) is 12.8 Å². The van der Waals surface area contributed by atoms with Crippen LogP contribution >= 0.6 is 0 Å². The average molecular weight is 281 g/mol. The largest absolute Gasteiger partial charge is 0.381 e. The zero-order valence-corrected chi connectivity index (χ0v) is 12.4. The highest BCUT2D eigenvalue weighted by molar-refractivity contribution is 5.86. The molecule has 0 aromatic carbocycles. The predicted molar refractivity (Wildman–Crippen MR) is 77.3 cm³/mol. The van der Waals surface area contributed by atoms with E-state index >= 15 is 0 Å². The van der Waals surface area contributed by atoms with Crippen molar-refractivity contribution >= 4 is 5.91 Å². The van der Waals surface area contributed by atoms with E-state index in [2.05, 4.69) is 4.90 Å². The minimum Gasteiger partial charge on any atom is -0.381 e. The number of amides is 1. The molecule has 114 valence electrons. The minimum absolute atomic E-state index is 0.193. The zero-order valence-electron chi connectivity index (χ0n) is 12.4. The maximum absolute atomic E-state index is 12.5. The van der Waals surface area contributed by atoms with Gasteiger partial charge < -0.3 is 15.4 Å². The predicted octanol–water partition coefficient (Wildman–Crippen LogP) is 0.439. The molecule has 1 unspecified atom stereocenters. The topological polar surface area (TPSA) is 58.8 Å². The molecule has 1 amide bonds. The van der Waals surface area contributed by atoms with Crippen molar-refractivity contribution in [1.29, 1.82) is 0 Å². The molecular formula is C15H27N3O2. The Morgan fingerprint density at radius 1 is 1.20 bits per heavy atom. The molecule has 1 atom stereocenters. The third kappa shape index (κ3) is 3.00. The van der Waals surface area contributed by atoms with Gasteiger partial charge in [0.2, 0.25) is 5.91 Å². The first-order valence-corrected chi connectivity index (χ1v) is 8.06. The van der Waals surface area contributed by atoms with Gasteiger partial charge in [-0.2, -0.15) is 0 Å². The van der Waals surface area contributed by atoms with E-state index in [1.165, 1.54) is 6.42 Å². The van der Waals surface area contributed by atoms with Gasteiger partial charge in [0.15, 0.2) is 0 Å². The van der Waals surface area contributed by atoms with Crippen LogP contribution < -0.4 is 5.73 Å². The fraction of sp³-hybridized carbons (Fsp3) is 0.933. The number of nitrogens with two attached hydrogens (primary N) is 1. The Morgan fingerprint density at radius 3 is 2.50 bits per heavy atom. The molecule has 5 nitrogen and oxygen atoms in total. The molecule has 0 bridgehead atoms. The van der Waals surface area contributed by atoms with Gasteiger partial charge in [0.1, 0.15) is 0 Å². The maximum Gasteiger partial charge on any atom is 0.242 e. The third-order valence-corrected chi connectivity index (χ3v) is 5.12. The molecule has 20 heavy (non-hydrogen) atoms. The van der Waals surface area contributed by atoms with Crippen molar-refractivity contribution in [1.82, 2.24) is 9.80 Å². The van der Waals surface area contributed by atoms with Crippen molar-refractivity contribution in [2.75, 3.05) is 45.9 Å². The summed E-state index contributed by atoms with van der Waals surface area (Å²) in [6.45, 7) is 6.59. The Bertz CT molecular complexity index is 341. The van der Waals surface area contributed by atoms with E-state index < -0.39 is 5.54 Å². The SMILES string of the molecule is NC1(C(=O)N2CCN(CC3CCOC3)CC2)CCCC1. The molecule has 3 rings (SSSR count). The lowest BCUT2D eigenvalue weighted by Crippen LogP contribution is -2.58. The summed E-state index contributed by atoms with van der Waals surface area (Å²) in [5.74, 6) is 0.881. The first-order chi connectivity index (χ1) is 9.67. The van der Waals surface area contributed by atoms with Crippen LogP contribution in [0.3, 0.4) is 0 Å². The van der Waals surface area contributed by atoms with Crippen LogP contribution in [0.25, 0.3) is 0 Å². The molecule has 2 aliphatic heterocycles. The lowest BCUT2D eigenvalue weighted by molar-refractivity contribution is -0.138. The second-order valence-electron chi connectivity index (χ2n) is 6.69.